The van der Waals surface area contributed by atoms with E-state index in [9.17, 15) is 4.79 Å². The van der Waals surface area contributed by atoms with E-state index in [-0.39, 0.29) is 24.1 Å². The van der Waals surface area contributed by atoms with Crippen molar-refractivity contribution in [1.29, 1.82) is 0 Å². The van der Waals surface area contributed by atoms with E-state index >= 15 is 0 Å². The molecule has 1 fully saturated rings. The molecule has 0 N–H and O–H groups in total. The Hall–Kier alpha value is -3.79. The van der Waals surface area contributed by atoms with Crippen LogP contribution in [0.15, 0.2) is 85.1 Å². The largest absolute Gasteiger partial charge is 0.448 e. The summed E-state index contributed by atoms with van der Waals surface area (Å²) in [5.41, 5.74) is 8.90. The summed E-state index contributed by atoms with van der Waals surface area (Å²) >= 11 is 0. The smallest absolute Gasteiger partial charge is 0.410 e. The zero-order valence-electron chi connectivity index (χ0n) is 20.6. The summed E-state index contributed by atoms with van der Waals surface area (Å²) in [5.74, 6) is 0.0923. The molecule has 2 atom stereocenters. The number of carbonyl (C=O) groups excluding carboxylic acids is 1. The van der Waals surface area contributed by atoms with E-state index in [0.717, 1.165) is 25.7 Å². The molecule has 1 amide bonds. The first-order valence-electron chi connectivity index (χ1n) is 13.1. The Kier molecular flexibility index (Phi) is 5.02. The summed E-state index contributed by atoms with van der Waals surface area (Å²) in [6.45, 7) is 0.379. The van der Waals surface area contributed by atoms with Crippen molar-refractivity contribution in [2.45, 2.75) is 43.7 Å². The van der Waals surface area contributed by atoms with Crippen molar-refractivity contribution in [3.8, 4) is 11.1 Å². The van der Waals surface area contributed by atoms with Crippen molar-refractivity contribution in [3.63, 3.8) is 0 Å². The lowest BCUT2D eigenvalue weighted by Crippen LogP contribution is -2.51. The molecule has 7 rings (SSSR count). The van der Waals surface area contributed by atoms with E-state index in [2.05, 4.69) is 96.7 Å². The van der Waals surface area contributed by atoms with Crippen LogP contribution in [0.5, 0.6) is 0 Å². The number of nitrogens with zero attached hydrogens (tertiary/aromatic N) is 2. The molecule has 3 aliphatic rings. The maximum atomic E-state index is 13.5. The Labute approximate surface area is 211 Å². The third-order valence-corrected chi connectivity index (χ3v) is 8.44. The fourth-order valence-corrected chi connectivity index (χ4v) is 6.68. The molecular formula is C32H30N2O2. The van der Waals surface area contributed by atoms with Crippen molar-refractivity contribution in [1.82, 2.24) is 9.47 Å². The molecule has 1 saturated heterocycles. The van der Waals surface area contributed by atoms with Gasteiger partial charge in [-0.3, -0.25) is 4.90 Å². The molecule has 0 spiro atoms. The van der Waals surface area contributed by atoms with Crippen LogP contribution in [0.1, 0.15) is 48.3 Å². The number of benzene rings is 3. The minimum Gasteiger partial charge on any atom is -0.448 e. The third-order valence-electron chi connectivity index (χ3n) is 8.44. The molecule has 3 aromatic carbocycles. The van der Waals surface area contributed by atoms with Gasteiger partial charge in [0.05, 0.1) is 6.04 Å². The van der Waals surface area contributed by atoms with Gasteiger partial charge in [0, 0.05) is 36.1 Å². The standard InChI is InChI=1S/C32H30N2O2/c1-33-16-15-22-17-21(13-14-31(22)33)23-18-24-7-6-8-25(19-23)34(24)32(35)36-20-30-28-11-4-2-9-26(28)27-10-3-5-12-29(27)30/h2-5,9-18,24-25,30H,6-8,19-20H2,1H3. The van der Waals surface area contributed by atoms with Crippen molar-refractivity contribution >= 4 is 22.6 Å². The van der Waals surface area contributed by atoms with Crippen molar-refractivity contribution < 1.29 is 9.53 Å². The number of fused-ring (bicyclic) bond motifs is 6. The van der Waals surface area contributed by atoms with Crippen LogP contribution < -0.4 is 0 Å². The number of hydrogen-bond donors (Lipinski definition) is 0. The minimum absolute atomic E-state index is 0.0923. The van der Waals surface area contributed by atoms with Crippen LogP contribution >= 0.6 is 0 Å². The van der Waals surface area contributed by atoms with Gasteiger partial charge in [0.2, 0.25) is 0 Å². The Morgan fingerprint density at radius 2 is 1.69 bits per heavy atom. The van der Waals surface area contributed by atoms with Crippen molar-refractivity contribution in [2.24, 2.45) is 7.05 Å². The zero-order valence-corrected chi connectivity index (χ0v) is 20.6. The Morgan fingerprint density at radius 1 is 0.944 bits per heavy atom. The van der Waals surface area contributed by atoms with Gasteiger partial charge in [-0.2, -0.15) is 0 Å². The third kappa shape index (κ3) is 3.39. The van der Waals surface area contributed by atoms with Gasteiger partial charge in [-0.1, -0.05) is 60.7 Å². The van der Waals surface area contributed by atoms with Gasteiger partial charge < -0.3 is 9.30 Å². The average Bonchev–Trinajstić information content (AvgIpc) is 3.44. The SMILES string of the molecule is Cn1ccc2cc(C3=CC4CCCC(C3)N4C(=O)OCC3c4ccccc4-c4ccccc43)ccc21. The first-order valence-corrected chi connectivity index (χ1v) is 13.1. The fourth-order valence-electron chi connectivity index (χ4n) is 6.68. The summed E-state index contributed by atoms with van der Waals surface area (Å²) in [6, 6.07) is 26.2. The maximum absolute atomic E-state index is 13.5. The second-order valence-electron chi connectivity index (χ2n) is 10.5. The molecule has 4 aromatic rings. The Morgan fingerprint density at radius 3 is 2.44 bits per heavy atom. The molecule has 4 heteroatoms. The van der Waals surface area contributed by atoms with E-state index in [1.807, 2.05) is 4.90 Å². The number of hydrogen-bond acceptors (Lipinski definition) is 2. The van der Waals surface area contributed by atoms with E-state index in [4.69, 9.17) is 4.74 Å². The highest BCUT2D eigenvalue weighted by Gasteiger charge is 2.39. The van der Waals surface area contributed by atoms with Crippen LogP contribution in [0.25, 0.3) is 27.6 Å². The van der Waals surface area contributed by atoms with Gasteiger partial charge in [-0.15, -0.1) is 0 Å². The van der Waals surface area contributed by atoms with Crippen LogP contribution in [-0.4, -0.2) is 34.3 Å². The molecule has 2 unspecified atom stereocenters. The molecule has 180 valence electrons. The van der Waals surface area contributed by atoms with Gasteiger partial charge in [0.15, 0.2) is 0 Å². The van der Waals surface area contributed by atoms with Crippen LogP contribution in [0.4, 0.5) is 4.79 Å². The summed E-state index contributed by atoms with van der Waals surface area (Å²) in [6.07, 6.45) is 8.34. The zero-order chi connectivity index (χ0) is 24.2. The number of aromatic nitrogens is 1. The second-order valence-corrected chi connectivity index (χ2v) is 10.5. The first-order chi connectivity index (χ1) is 17.7. The lowest BCUT2D eigenvalue weighted by Gasteiger charge is -2.44. The molecule has 1 aliphatic carbocycles. The normalized spacial score (nSPS) is 20.7. The molecule has 4 nitrogen and oxygen atoms in total. The predicted octanol–water partition coefficient (Wildman–Crippen LogP) is 7.14. The second kappa shape index (κ2) is 8.41. The Bertz CT molecular complexity index is 1470. The van der Waals surface area contributed by atoms with E-state index < -0.39 is 0 Å². The molecule has 3 heterocycles. The Balaban J connectivity index is 1.12. The van der Waals surface area contributed by atoms with Crippen molar-refractivity contribution in [3.05, 3.63) is 102 Å². The number of amides is 1. The summed E-state index contributed by atoms with van der Waals surface area (Å²) in [4.78, 5) is 15.5. The van der Waals surface area contributed by atoms with Crippen LogP contribution in [0, 0.1) is 0 Å². The van der Waals surface area contributed by atoms with Crippen molar-refractivity contribution in [2.75, 3.05) is 6.61 Å². The van der Waals surface area contributed by atoms with Gasteiger partial charge in [0.25, 0.3) is 0 Å². The molecule has 2 bridgehead atoms. The van der Waals surface area contributed by atoms with E-state index in [1.165, 1.54) is 44.3 Å². The average molecular weight is 475 g/mol. The molecule has 1 aromatic heterocycles. The number of aryl methyl sites for hydroxylation is 1. The van der Waals surface area contributed by atoms with Crippen LogP contribution in [-0.2, 0) is 11.8 Å². The highest BCUT2D eigenvalue weighted by molar-refractivity contribution is 5.85. The number of carbonyl (C=O) groups is 1. The van der Waals surface area contributed by atoms with Crippen LogP contribution in [0.3, 0.4) is 0 Å². The molecule has 0 radical (unpaired) electrons. The summed E-state index contributed by atoms with van der Waals surface area (Å²) < 4.78 is 8.23. The maximum Gasteiger partial charge on any atom is 0.410 e. The number of ether oxygens (including phenoxy) is 1. The topological polar surface area (TPSA) is 34.5 Å². The summed E-state index contributed by atoms with van der Waals surface area (Å²) in [5, 5.41) is 1.26. The fraction of sp³-hybridized carbons (Fsp3) is 0.281. The van der Waals surface area contributed by atoms with Gasteiger partial charge in [-0.25, -0.2) is 4.79 Å². The van der Waals surface area contributed by atoms with Gasteiger partial charge in [0.1, 0.15) is 6.61 Å². The molecular weight excluding hydrogens is 444 g/mol. The van der Waals surface area contributed by atoms with Crippen LogP contribution in [0.2, 0.25) is 0 Å². The van der Waals surface area contributed by atoms with E-state index in [1.54, 1.807) is 0 Å². The predicted molar refractivity (Wildman–Crippen MR) is 144 cm³/mol. The lowest BCUT2D eigenvalue weighted by atomic mass is 9.83. The lowest BCUT2D eigenvalue weighted by molar-refractivity contribution is 0.0539. The first kappa shape index (κ1) is 21.5. The molecule has 0 saturated carbocycles. The minimum atomic E-state index is -0.166. The molecule has 36 heavy (non-hydrogen) atoms. The van der Waals surface area contributed by atoms with E-state index in [0.29, 0.717) is 6.61 Å². The highest BCUT2D eigenvalue weighted by atomic mass is 16.6. The number of piperidine rings is 1. The monoisotopic (exact) mass is 474 g/mol. The summed E-state index contributed by atoms with van der Waals surface area (Å²) in [7, 11) is 2.08. The molecule has 2 aliphatic heterocycles. The number of rotatable bonds is 3. The van der Waals surface area contributed by atoms with Gasteiger partial charge >= 0.3 is 6.09 Å². The van der Waals surface area contributed by atoms with Gasteiger partial charge in [-0.05, 0) is 77.3 Å². The quantitative estimate of drug-likeness (QED) is 0.316. The highest BCUT2D eigenvalue weighted by Crippen LogP contribution is 2.45.